The molecule has 1 saturated heterocycles. The highest BCUT2D eigenvalue weighted by Gasteiger charge is 2.47. The van der Waals surface area contributed by atoms with E-state index in [0.717, 1.165) is 17.8 Å². The molecule has 1 fully saturated rings. The molecule has 0 spiro atoms. The van der Waals surface area contributed by atoms with Crippen molar-refractivity contribution >= 4 is 11.7 Å². The number of carbonyl (C=O) groups excluding carboxylic acids is 1. The molecule has 2 aromatic rings. The summed E-state index contributed by atoms with van der Waals surface area (Å²) in [4.78, 5) is 16.5. The van der Waals surface area contributed by atoms with Gasteiger partial charge in [0.25, 0.3) is 5.91 Å². The minimum atomic E-state index is -4.48. The molecule has 0 saturated carbocycles. The monoisotopic (exact) mass is 423 g/mol. The standard InChI is InChI=1S/C20H24F3N5O2/c1-26-7-9-27(10-8-26)19(29)16-12-18-24-15(13-3-5-14(30-2)6-4-13)11-17(20(21,22)23)28(18)25-16/h3-6,12,15,17,24H,7-11H2,1-2H3/t15-,17+/m0/s1. The highest BCUT2D eigenvalue weighted by molar-refractivity contribution is 5.93. The highest BCUT2D eigenvalue weighted by atomic mass is 19.4. The minimum absolute atomic E-state index is 0.0340. The van der Waals surface area contributed by atoms with Crippen LogP contribution in [0, 0.1) is 0 Å². The van der Waals surface area contributed by atoms with E-state index >= 15 is 0 Å². The maximum absolute atomic E-state index is 13.8. The number of rotatable bonds is 3. The van der Waals surface area contributed by atoms with E-state index in [0.29, 0.717) is 24.4 Å². The number of alkyl halides is 3. The molecular formula is C20H24F3N5O2. The fourth-order valence-corrected chi connectivity index (χ4v) is 3.90. The first kappa shape index (κ1) is 20.5. The van der Waals surface area contributed by atoms with Crippen LogP contribution in [0.5, 0.6) is 5.75 Å². The Labute approximate surface area is 172 Å². The third kappa shape index (κ3) is 3.96. The Morgan fingerprint density at radius 3 is 2.43 bits per heavy atom. The highest BCUT2D eigenvalue weighted by Crippen LogP contribution is 2.43. The molecule has 10 heteroatoms. The summed E-state index contributed by atoms with van der Waals surface area (Å²) >= 11 is 0. The third-order valence-electron chi connectivity index (χ3n) is 5.72. The van der Waals surface area contributed by atoms with Crippen molar-refractivity contribution in [3.05, 3.63) is 41.6 Å². The number of hydrogen-bond acceptors (Lipinski definition) is 5. The van der Waals surface area contributed by atoms with Gasteiger partial charge in [-0.2, -0.15) is 18.3 Å². The molecule has 1 aromatic heterocycles. The number of amides is 1. The predicted molar refractivity (Wildman–Crippen MR) is 105 cm³/mol. The lowest BCUT2D eigenvalue weighted by atomic mass is 9.97. The molecular weight excluding hydrogens is 399 g/mol. The maximum atomic E-state index is 13.8. The van der Waals surface area contributed by atoms with Gasteiger partial charge < -0.3 is 19.9 Å². The van der Waals surface area contributed by atoms with Crippen LogP contribution in [0.1, 0.15) is 34.6 Å². The zero-order valence-electron chi connectivity index (χ0n) is 16.8. The molecule has 2 aliphatic heterocycles. The number of methoxy groups -OCH3 is 1. The Kier molecular flexibility index (Phi) is 5.35. The van der Waals surface area contributed by atoms with E-state index in [4.69, 9.17) is 4.74 Å². The van der Waals surface area contributed by atoms with Crippen molar-refractivity contribution in [2.75, 3.05) is 45.7 Å². The smallest absolute Gasteiger partial charge is 0.410 e. The van der Waals surface area contributed by atoms with E-state index in [1.165, 1.54) is 13.2 Å². The van der Waals surface area contributed by atoms with E-state index in [9.17, 15) is 18.0 Å². The van der Waals surface area contributed by atoms with Crippen molar-refractivity contribution in [2.24, 2.45) is 0 Å². The van der Waals surface area contributed by atoms with Gasteiger partial charge in [-0.15, -0.1) is 0 Å². The van der Waals surface area contributed by atoms with Crippen LogP contribution in [0.2, 0.25) is 0 Å². The number of carbonyl (C=O) groups is 1. The topological polar surface area (TPSA) is 62.6 Å². The summed E-state index contributed by atoms with van der Waals surface area (Å²) in [5.74, 6) is 0.489. The molecule has 0 aliphatic carbocycles. The Balaban J connectivity index is 1.62. The zero-order valence-corrected chi connectivity index (χ0v) is 16.8. The number of piperazine rings is 1. The zero-order chi connectivity index (χ0) is 21.5. The van der Waals surface area contributed by atoms with Gasteiger partial charge in [-0.05, 0) is 24.7 Å². The summed E-state index contributed by atoms with van der Waals surface area (Å²) in [6.07, 6.45) is -4.70. The number of nitrogens with zero attached hydrogens (tertiary/aromatic N) is 4. The lowest BCUT2D eigenvalue weighted by Crippen LogP contribution is -2.47. The van der Waals surface area contributed by atoms with Crippen molar-refractivity contribution in [2.45, 2.75) is 24.7 Å². The van der Waals surface area contributed by atoms with Crippen molar-refractivity contribution in [3.63, 3.8) is 0 Å². The number of fused-ring (bicyclic) bond motifs is 1. The summed E-state index contributed by atoms with van der Waals surface area (Å²) in [6.45, 7) is 2.51. The SMILES string of the molecule is COc1ccc([C@@H]2C[C@H](C(F)(F)F)n3nc(C(=O)N4CCN(C)CC4)cc3N2)cc1. The first-order chi connectivity index (χ1) is 14.3. The van der Waals surface area contributed by atoms with E-state index in [-0.39, 0.29) is 23.8 Å². The molecule has 1 aromatic carbocycles. The lowest BCUT2D eigenvalue weighted by molar-refractivity contribution is -0.173. The van der Waals surface area contributed by atoms with E-state index < -0.39 is 18.3 Å². The number of aromatic nitrogens is 2. The number of benzene rings is 1. The normalized spacial score (nSPS) is 22.4. The van der Waals surface area contributed by atoms with Gasteiger partial charge in [0, 0.05) is 38.7 Å². The van der Waals surface area contributed by atoms with Gasteiger partial charge in [0.2, 0.25) is 0 Å². The third-order valence-corrected chi connectivity index (χ3v) is 5.72. The van der Waals surface area contributed by atoms with Crippen LogP contribution in [-0.4, -0.2) is 72.0 Å². The first-order valence-electron chi connectivity index (χ1n) is 9.81. The lowest BCUT2D eigenvalue weighted by Gasteiger charge is -2.33. The van der Waals surface area contributed by atoms with Crippen LogP contribution in [0.15, 0.2) is 30.3 Å². The van der Waals surface area contributed by atoms with Crippen LogP contribution in [0.3, 0.4) is 0 Å². The molecule has 7 nitrogen and oxygen atoms in total. The molecule has 3 heterocycles. The molecule has 1 N–H and O–H groups in total. The molecule has 1 amide bonds. The Bertz CT molecular complexity index is 904. The second-order valence-corrected chi connectivity index (χ2v) is 7.72. The van der Waals surface area contributed by atoms with Gasteiger partial charge in [0.15, 0.2) is 11.7 Å². The van der Waals surface area contributed by atoms with Crippen molar-refractivity contribution in [1.29, 1.82) is 0 Å². The molecule has 0 radical (unpaired) electrons. The van der Waals surface area contributed by atoms with Gasteiger partial charge in [-0.1, -0.05) is 12.1 Å². The molecule has 162 valence electrons. The summed E-state index contributed by atoms with van der Waals surface area (Å²) in [5.41, 5.74) is 0.746. The van der Waals surface area contributed by atoms with Crippen molar-refractivity contribution < 1.29 is 22.7 Å². The van der Waals surface area contributed by atoms with Crippen LogP contribution in [0.25, 0.3) is 0 Å². The quantitative estimate of drug-likeness (QED) is 0.823. The number of anilines is 1. The van der Waals surface area contributed by atoms with E-state index in [1.807, 2.05) is 7.05 Å². The predicted octanol–water partition coefficient (Wildman–Crippen LogP) is 2.94. The number of nitrogens with one attached hydrogen (secondary N) is 1. The van der Waals surface area contributed by atoms with Gasteiger partial charge in [-0.25, -0.2) is 4.68 Å². The minimum Gasteiger partial charge on any atom is -0.497 e. The van der Waals surface area contributed by atoms with Crippen molar-refractivity contribution in [1.82, 2.24) is 19.6 Å². The Hall–Kier alpha value is -2.75. The van der Waals surface area contributed by atoms with Crippen molar-refractivity contribution in [3.8, 4) is 5.75 Å². The second kappa shape index (κ2) is 7.82. The molecule has 0 unspecified atom stereocenters. The van der Waals surface area contributed by atoms with Crippen LogP contribution < -0.4 is 10.1 Å². The molecule has 2 aliphatic rings. The fourth-order valence-electron chi connectivity index (χ4n) is 3.90. The number of ether oxygens (including phenoxy) is 1. The maximum Gasteiger partial charge on any atom is 0.410 e. The summed E-state index contributed by atoms with van der Waals surface area (Å²) < 4.78 is 47.5. The average molecular weight is 423 g/mol. The van der Waals surface area contributed by atoms with E-state index in [1.54, 1.807) is 29.2 Å². The Morgan fingerprint density at radius 2 is 1.83 bits per heavy atom. The first-order valence-corrected chi connectivity index (χ1v) is 9.81. The number of likely N-dealkylation sites (N-methyl/N-ethyl adjacent to an activating group) is 1. The molecule has 30 heavy (non-hydrogen) atoms. The average Bonchev–Trinajstić information content (AvgIpc) is 3.16. The number of hydrogen-bond donors (Lipinski definition) is 1. The van der Waals surface area contributed by atoms with Gasteiger partial charge >= 0.3 is 6.18 Å². The van der Waals surface area contributed by atoms with Crippen LogP contribution >= 0.6 is 0 Å². The van der Waals surface area contributed by atoms with E-state index in [2.05, 4.69) is 15.3 Å². The Morgan fingerprint density at radius 1 is 1.17 bits per heavy atom. The summed E-state index contributed by atoms with van der Waals surface area (Å²) in [6, 6.07) is 5.98. The largest absolute Gasteiger partial charge is 0.497 e. The van der Waals surface area contributed by atoms with Gasteiger partial charge in [-0.3, -0.25) is 4.79 Å². The number of halogens is 3. The summed E-state index contributed by atoms with van der Waals surface area (Å²) in [7, 11) is 3.50. The summed E-state index contributed by atoms with van der Waals surface area (Å²) in [5, 5.41) is 7.18. The molecule has 0 bridgehead atoms. The fraction of sp³-hybridized carbons (Fsp3) is 0.500. The molecule has 2 atom stereocenters. The van der Waals surface area contributed by atoms with Gasteiger partial charge in [0.1, 0.15) is 11.6 Å². The second-order valence-electron chi connectivity index (χ2n) is 7.72. The molecule has 4 rings (SSSR count). The van der Waals surface area contributed by atoms with Crippen LogP contribution in [-0.2, 0) is 0 Å². The van der Waals surface area contributed by atoms with Gasteiger partial charge in [0.05, 0.1) is 13.2 Å². The van der Waals surface area contributed by atoms with Crippen LogP contribution in [0.4, 0.5) is 19.0 Å².